The molecule has 1 saturated carbocycles. The molecule has 1 aliphatic carbocycles. The van der Waals surface area contributed by atoms with Gasteiger partial charge in [-0.2, -0.15) is 0 Å². The molecule has 1 fully saturated rings. The zero-order valence-electron chi connectivity index (χ0n) is 17.4. The van der Waals surface area contributed by atoms with Crippen molar-refractivity contribution in [3.05, 3.63) is 60.2 Å². The van der Waals surface area contributed by atoms with Crippen molar-refractivity contribution in [3.63, 3.8) is 0 Å². The summed E-state index contributed by atoms with van der Waals surface area (Å²) in [4.78, 5) is 29.7. The van der Waals surface area contributed by atoms with Gasteiger partial charge in [0.25, 0.3) is 0 Å². The molecule has 1 aromatic heterocycles. The number of rotatable bonds is 7. The lowest BCUT2D eigenvalue weighted by Gasteiger charge is -2.20. The van der Waals surface area contributed by atoms with Crippen molar-refractivity contribution in [2.24, 2.45) is 5.92 Å². The highest BCUT2D eigenvalue weighted by Gasteiger charge is 2.21. The predicted octanol–water partition coefficient (Wildman–Crippen LogP) is 4.05. The van der Waals surface area contributed by atoms with Crippen molar-refractivity contribution in [1.82, 2.24) is 14.9 Å². The molecule has 0 saturated heterocycles. The Balaban J connectivity index is 1.43. The number of para-hydroxylation sites is 2. The Hall–Kier alpha value is -3.22. The SMILES string of the molecule is O=C(Cn1c(CCNC(=O)C2CCCCC2)nc2ccccc21)Nc1ccc(F)cc1. The molecule has 4 rings (SSSR count). The van der Waals surface area contributed by atoms with Crippen molar-refractivity contribution < 1.29 is 14.0 Å². The molecule has 0 radical (unpaired) electrons. The molecule has 0 spiro atoms. The zero-order valence-corrected chi connectivity index (χ0v) is 17.4. The first-order chi connectivity index (χ1) is 15.1. The van der Waals surface area contributed by atoms with E-state index in [2.05, 4.69) is 15.6 Å². The van der Waals surface area contributed by atoms with Crippen LogP contribution >= 0.6 is 0 Å². The highest BCUT2D eigenvalue weighted by atomic mass is 19.1. The van der Waals surface area contributed by atoms with Gasteiger partial charge < -0.3 is 15.2 Å². The number of anilines is 1. The molecule has 0 bridgehead atoms. The van der Waals surface area contributed by atoms with E-state index >= 15 is 0 Å². The number of fused-ring (bicyclic) bond motifs is 1. The second kappa shape index (κ2) is 9.73. The molecular weight excluding hydrogens is 395 g/mol. The molecule has 31 heavy (non-hydrogen) atoms. The summed E-state index contributed by atoms with van der Waals surface area (Å²) in [5.74, 6) is 0.420. The van der Waals surface area contributed by atoms with Gasteiger partial charge in [0.2, 0.25) is 11.8 Å². The van der Waals surface area contributed by atoms with E-state index in [9.17, 15) is 14.0 Å². The number of carbonyl (C=O) groups is 2. The van der Waals surface area contributed by atoms with Gasteiger partial charge in [-0.1, -0.05) is 31.4 Å². The van der Waals surface area contributed by atoms with E-state index in [0.29, 0.717) is 18.7 Å². The van der Waals surface area contributed by atoms with Crippen molar-refractivity contribution in [3.8, 4) is 0 Å². The first-order valence-corrected chi connectivity index (χ1v) is 10.9. The highest BCUT2D eigenvalue weighted by molar-refractivity contribution is 5.91. The molecule has 0 atom stereocenters. The summed E-state index contributed by atoms with van der Waals surface area (Å²) in [5, 5.41) is 5.84. The van der Waals surface area contributed by atoms with Crippen LogP contribution in [0.5, 0.6) is 0 Å². The smallest absolute Gasteiger partial charge is 0.244 e. The molecule has 2 amide bonds. The summed E-state index contributed by atoms with van der Waals surface area (Å²) in [6.45, 7) is 0.571. The number of hydrogen-bond acceptors (Lipinski definition) is 3. The van der Waals surface area contributed by atoms with Gasteiger partial charge in [0.1, 0.15) is 18.2 Å². The fourth-order valence-electron chi connectivity index (χ4n) is 4.18. The quantitative estimate of drug-likeness (QED) is 0.603. The largest absolute Gasteiger partial charge is 0.355 e. The Morgan fingerprint density at radius 1 is 1.03 bits per heavy atom. The normalized spacial score (nSPS) is 14.5. The minimum Gasteiger partial charge on any atom is -0.355 e. The van der Waals surface area contributed by atoms with Crippen LogP contribution in [0, 0.1) is 11.7 Å². The lowest BCUT2D eigenvalue weighted by Crippen LogP contribution is -2.33. The van der Waals surface area contributed by atoms with Crippen molar-refractivity contribution in [2.45, 2.75) is 45.1 Å². The predicted molar refractivity (Wildman–Crippen MR) is 118 cm³/mol. The van der Waals surface area contributed by atoms with Crippen LogP contribution in [0.4, 0.5) is 10.1 Å². The Kier molecular flexibility index (Phi) is 6.60. The average molecular weight is 423 g/mol. The number of halogens is 1. The van der Waals surface area contributed by atoms with Crippen LogP contribution < -0.4 is 10.6 Å². The molecule has 7 heteroatoms. The first-order valence-electron chi connectivity index (χ1n) is 10.9. The highest BCUT2D eigenvalue weighted by Crippen LogP contribution is 2.23. The third kappa shape index (κ3) is 5.29. The molecule has 1 aliphatic rings. The van der Waals surface area contributed by atoms with Crippen LogP contribution in [0.3, 0.4) is 0 Å². The number of nitrogens with one attached hydrogen (secondary N) is 2. The van der Waals surface area contributed by atoms with Gasteiger partial charge >= 0.3 is 0 Å². The topological polar surface area (TPSA) is 76.0 Å². The minimum atomic E-state index is -0.351. The van der Waals surface area contributed by atoms with E-state index in [1.165, 1.54) is 30.7 Å². The number of aromatic nitrogens is 2. The number of imidazole rings is 1. The molecule has 0 unspecified atom stereocenters. The third-order valence-corrected chi connectivity index (χ3v) is 5.79. The molecule has 2 aromatic carbocycles. The van der Waals surface area contributed by atoms with Crippen molar-refractivity contribution in [1.29, 1.82) is 0 Å². The maximum absolute atomic E-state index is 13.1. The summed E-state index contributed by atoms with van der Waals surface area (Å²) >= 11 is 0. The Bertz CT molecular complexity index is 1060. The fourth-order valence-corrected chi connectivity index (χ4v) is 4.18. The third-order valence-electron chi connectivity index (χ3n) is 5.79. The molecular formula is C24H27FN4O2. The average Bonchev–Trinajstić information content (AvgIpc) is 3.13. The van der Waals surface area contributed by atoms with Gasteiger partial charge in [0, 0.05) is 24.6 Å². The summed E-state index contributed by atoms with van der Waals surface area (Å²) < 4.78 is 15.0. The second-order valence-electron chi connectivity index (χ2n) is 8.03. The molecule has 162 valence electrons. The Morgan fingerprint density at radius 2 is 1.77 bits per heavy atom. The molecule has 0 aliphatic heterocycles. The van der Waals surface area contributed by atoms with Crippen LogP contribution in [0.1, 0.15) is 37.9 Å². The van der Waals surface area contributed by atoms with Gasteiger partial charge in [-0.3, -0.25) is 9.59 Å². The summed E-state index contributed by atoms with van der Waals surface area (Å²) in [6.07, 6.45) is 5.93. The maximum Gasteiger partial charge on any atom is 0.244 e. The molecule has 6 nitrogen and oxygen atoms in total. The molecule has 3 aromatic rings. The van der Waals surface area contributed by atoms with Gasteiger partial charge in [0.15, 0.2) is 0 Å². The number of benzene rings is 2. The van der Waals surface area contributed by atoms with Crippen LogP contribution in [-0.2, 0) is 22.6 Å². The van der Waals surface area contributed by atoms with E-state index in [1.54, 1.807) is 0 Å². The maximum atomic E-state index is 13.1. The van der Waals surface area contributed by atoms with Gasteiger partial charge in [-0.15, -0.1) is 0 Å². The van der Waals surface area contributed by atoms with Crippen LogP contribution in [-0.4, -0.2) is 27.9 Å². The number of carbonyl (C=O) groups excluding carboxylic acids is 2. The summed E-state index contributed by atoms with van der Waals surface area (Å²) in [5.41, 5.74) is 2.22. The number of amides is 2. The zero-order chi connectivity index (χ0) is 21.6. The van der Waals surface area contributed by atoms with Crippen LogP contribution in [0.25, 0.3) is 11.0 Å². The number of hydrogen-bond donors (Lipinski definition) is 2. The van der Waals surface area contributed by atoms with E-state index in [1.807, 2.05) is 28.8 Å². The van der Waals surface area contributed by atoms with Gasteiger partial charge in [0.05, 0.1) is 11.0 Å². The first kappa shape index (κ1) is 21.0. The van der Waals surface area contributed by atoms with E-state index < -0.39 is 0 Å². The summed E-state index contributed by atoms with van der Waals surface area (Å²) in [6, 6.07) is 13.3. The molecule has 1 heterocycles. The standard InChI is InChI=1S/C24H27FN4O2/c25-18-10-12-19(13-11-18)27-23(30)16-29-21-9-5-4-8-20(21)28-22(29)14-15-26-24(31)17-6-2-1-3-7-17/h4-5,8-13,17H,1-3,6-7,14-16H2,(H,26,31)(H,27,30). The second-order valence-corrected chi connectivity index (χ2v) is 8.03. The van der Waals surface area contributed by atoms with E-state index in [4.69, 9.17) is 0 Å². The monoisotopic (exact) mass is 422 g/mol. The van der Waals surface area contributed by atoms with E-state index in [0.717, 1.165) is 42.5 Å². The minimum absolute atomic E-state index is 0.0871. The van der Waals surface area contributed by atoms with E-state index in [-0.39, 0.29) is 30.1 Å². The Morgan fingerprint density at radius 3 is 2.55 bits per heavy atom. The summed E-state index contributed by atoms with van der Waals surface area (Å²) in [7, 11) is 0. The lowest BCUT2D eigenvalue weighted by atomic mass is 9.89. The van der Waals surface area contributed by atoms with Gasteiger partial charge in [-0.05, 0) is 49.2 Å². The number of nitrogens with zero attached hydrogens (tertiary/aromatic N) is 2. The lowest BCUT2D eigenvalue weighted by molar-refractivity contribution is -0.125. The van der Waals surface area contributed by atoms with Crippen LogP contribution in [0.2, 0.25) is 0 Å². The van der Waals surface area contributed by atoms with Gasteiger partial charge in [-0.25, -0.2) is 9.37 Å². The fraction of sp³-hybridized carbons (Fsp3) is 0.375. The van der Waals surface area contributed by atoms with Crippen LogP contribution in [0.15, 0.2) is 48.5 Å². The van der Waals surface area contributed by atoms with Crippen molar-refractivity contribution >= 4 is 28.5 Å². The van der Waals surface area contributed by atoms with Crippen molar-refractivity contribution in [2.75, 3.05) is 11.9 Å². The Labute approximate surface area is 180 Å². The molecule has 2 N–H and O–H groups in total.